The SMILES string of the molecule is Cc1cc(C(C)NC(=O)NC(C2CC2)C2CC2)c(C)s1. The summed E-state index contributed by atoms with van der Waals surface area (Å²) in [5.74, 6) is 1.49. The van der Waals surface area contributed by atoms with Crippen LogP contribution in [0.2, 0.25) is 0 Å². The lowest BCUT2D eigenvalue weighted by Crippen LogP contribution is -2.45. The first-order valence-corrected chi connectivity index (χ1v) is 8.50. The number of rotatable bonds is 5. The third-order valence-corrected chi connectivity index (χ3v) is 5.43. The summed E-state index contributed by atoms with van der Waals surface area (Å²) in [6.45, 7) is 6.31. The predicted molar refractivity (Wildman–Crippen MR) is 83.1 cm³/mol. The van der Waals surface area contributed by atoms with Crippen LogP contribution in [0.3, 0.4) is 0 Å². The molecule has 2 aliphatic rings. The van der Waals surface area contributed by atoms with Crippen molar-refractivity contribution in [2.24, 2.45) is 11.8 Å². The van der Waals surface area contributed by atoms with E-state index in [-0.39, 0.29) is 12.1 Å². The number of carbonyl (C=O) groups is 1. The molecule has 1 heterocycles. The molecular formula is C16H24N2OS. The molecule has 1 atom stereocenters. The first-order valence-electron chi connectivity index (χ1n) is 7.68. The van der Waals surface area contributed by atoms with E-state index in [1.165, 1.54) is 41.0 Å². The van der Waals surface area contributed by atoms with E-state index in [0.29, 0.717) is 6.04 Å². The van der Waals surface area contributed by atoms with E-state index in [1.807, 2.05) is 0 Å². The standard InChI is InChI=1S/C16H24N2OS/c1-9-8-14(11(3)20-9)10(2)17-16(19)18-15(12-4-5-12)13-6-7-13/h8,10,12-13,15H,4-7H2,1-3H3,(H2,17,18,19). The molecule has 2 fully saturated rings. The van der Waals surface area contributed by atoms with Crippen LogP contribution in [0.1, 0.15) is 54.0 Å². The van der Waals surface area contributed by atoms with Crippen LogP contribution in [0, 0.1) is 25.7 Å². The minimum Gasteiger partial charge on any atom is -0.335 e. The van der Waals surface area contributed by atoms with Crippen molar-refractivity contribution >= 4 is 17.4 Å². The van der Waals surface area contributed by atoms with E-state index in [9.17, 15) is 4.79 Å². The number of hydrogen-bond acceptors (Lipinski definition) is 2. The van der Waals surface area contributed by atoms with E-state index < -0.39 is 0 Å². The van der Waals surface area contributed by atoms with Crippen LogP contribution in [-0.4, -0.2) is 12.1 Å². The van der Waals surface area contributed by atoms with Crippen molar-refractivity contribution < 1.29 is 4.79 Å². The number of aryl methyl sites for hydroxylation is 2. The average molecular weight is 292 g/mol. The first kappa shape index (κ1) is 13.9. The molecule has 3 rings (SSSR count). The highest BCUT2D eigenvalue weighted by molar-refractivity contribution is 7.12. The molecule has 110 valence electrons. The third-order valence-electron chi connectivity index (χ3n) is 4.45. The van der Waals surface area contributed by atoms with Gasteiger partial charge < -0.3 is 10.6 Å². The molecule has 2 N–H and O–H groups in total. The molecule has 2 amide bonds. The van der Waals surface area contributed by atoms with Gasteiger partial charge in [0.1, 0.15) is 0 Å². The normalized spacial score (nSPS) is 20.0. The minimum atomic E-state index is 0.00422. The fourth-order valence-corrected chi connectivity index (χ4v) is 4.10. The molecule has 3 nitrogen and oxygen atoms in total. The second-order valence-corrected chi connectivity index (χ2v) is 7.87. The predicted octanol–water partition coefficient (Wildman–Crippen LogP) is 3.91. The van der Waals surface area contributed by atoms with Gasteiger partial charge in [0.15, 0.2) is 0 Å². The van der Waals surface area contributed by atoms with Gasteiger partial charge in [0.2, 0.25) is 0 Å². The van der Waals surface area contributed by atoms with Crippen LogP contribution < -0.4 is 10.6 Å². The molecule has 2 aliphatic carbocycles. The summed E-state index contributed by atoms with van der Waals surface area (Å²) >= 11 is 1.80. The van der Waals surface area contributed by atoms with Gasteiger partial charge in [0, 0.05) is 15.8 Å². The number of amides is 2. The molecule has 2 saturated carbocycles. The Morgan fingerprint density at radius 1 is 1.20 bits per heavy atom. The second kappa shape index (κ2) is 5.40. The Balaban J connectivity index is 1.56. The molecule has 0 saturated heterocycles. The monoisotopic (exact) mass is 292 g/mol. The lowest BCUT2D eigenvalue weighted by Gasteiger charge is -2.20. The lowest BCUT2D eigenvalue weighted by atomic mass is 10.1. The first-order chi connectivity index (χ1) is 9.54. The van der Waals surface area contributed by atoms with Crippen LogP contribution in [0.5, 0.6) is 0 Å². The van der Waals surface area contributed by atoms with Crippen molar-refractivity contribution in [2.75, 3.05) is 0 Å². The number of carbonyl (C=O) groups excluding carboxylic acids is 1. The molecule has 0 bridgehead atoms. The van der Waals surface area contributed by atoms with Gasteiger partial charge in [-0.05, 0) is 69.9 Å². The highest BCUT2D eigenvalue weighted by Gasteiger charge is 2.42. The molecule has 20 heavy (non-hydrogen) atoms. The number of nitrogens with one attached hydrogen (secondary N) is 2. The van der Waals surface area contributed by atoms with Gasteiger partial charge in [-0.3, -0.25) is 0 Å². The number of hydrogen-bond donors (Lipinski definition) is 2. The van der Waals surface area contributed by atoms with Crippen molar-refractivity contribution in [3.05, 3.63) is 21.4 Å². The van der Waals surface area contributed by atoms with E-state index in [1.54, 1.807) is 11.3 Å². The summed E-state index contributed by atoms with van der Waals surface area (Å²) in [6, 6.07) is 2.69. The Morgan fingerprint density at radius 2 is 1.80 bits per heavy atom. The molecule has 1 aromatic rings. The van der Waals surface area contributed by atoms with Crippen LogP contribution in [-0.2, 0) is 0 Å². The maximum Gasteiger partial charge on any atom is 0.315 e. The Hall–Kier alpha value is -1.03. The molecule has 0 radical (unpaired) electrons. The fourth-order valence-electron chi connectivity index (χ4n) is 3.08. The quantitative estimate of drug-likeness (QED) is 0.848. The van der Waals surface area contributed by atoms with Crippen LogP contribution >= 0.6 is 11.3 Å². The summed E-state index contributed by atoms with van der Waals surface area (Å²) in [7, 11) is 0. The van der Waals surface area contributed by atoms with Gasteiger partial charge in [-0.15, -0.1) is 11.3 Å². The summed E-state index contributed by atoms with van der Waals surface area (Å²) in [5, 5.41) is 6.32. The van der Waals surface area contributed by atoms with Gasteiger partial charge >= 0.3 is 6.03 Å². The number of urea groups is 1. The Bertz CT molecular complexity index is 491. The second-order valence-electron chi connectivity index (χ2n) is 6.41. The third kappa shape index (κ3) is 3.17. The van der Waals surface area contributed by atoms with Crippen molar-refractivity contribution in [1.29, 1.82) is 0 Å². The molecule has 1 unspecified atom stereocenters. The Morgan fingerprint density at radius 3 is 2.25 bits per heavy atom. The molecule has 0 aliphatic heterocycles. The topological polar surface area (TPSA) is 41.1 Å². The zero-order valence-corrected chi connectivity index (χ0v) is 13.3. The van der Waals surface area contributed by atoms with Crippen molar-refractivity contribution in [1.82, 2.24) is 10.6 Å². The zero-order valence-electron chi connectivity index (χ0n) is 12.5. The molecule has 1 aromatic heterocycles. The smallest absolute Gasteiger partial charge is 0.315 e. The highest BCUT2D eigenvalue weighted by atomic mass is 32.1. The summed E-state index contributed by atoms with van der Waals surface area (Å²) in [4.78, 5) is 14.8. The lowest BCUT2D eigenvalue weighted by molar-refractivity contribution is 0.230. The Kier molecular flexibility index (Phi) is 3.76. The van der Waals surface area contributed by atoms with Gasteiger partial charge in [-0.2, -0.15) is 0 Å². The molecule has 0 aromatic carbocycles. The molecular weight excluding hydrogens is 268 g/mol. The Labute approximate surface area is 125 Å². The van der Waals surface area contributed by atoms with Crippen LogP contribution in [0.4, 0.5) is 4.79 Å². The van der Waals surface area contributed by atoms with Crippen molar-refractivity contribution in [2.45, 2.75) is 58.5 Å². The van der Waals surface area contributed by atoms with Crippen molar-refractivity contribution in [3.8, 4) is 0 Å². The van der Waals surface area contributed by atoms with E-state index >= 15 is 0 Å². The maximum absolute atomic E-state index is 12.2. The van der Waals surface area contributed by atoms with Crippen LogP contribution in [0.25, 0.3) is 0 Å². The van der Waals surface area contributed by atoms with E-state index in [0.717, 1.165) is 11.8 Å². The van der Waals surface area contributed by atoms with Gasteiger partial charge in [0.05, 0.1) is 6.04 Å². The van der Waals surface area contributed by atoms with Gasteiger partial charge in [-0.25, -0.2) is 4.79 Å². The highest BCUT2D eigenvalue weighted by Crippen LogP contribution is 2.44. The average Bonchev–Trinajstić information content (AvgIpc) is 3.25. The maximum atomic E-state index is 12.2. The largest absolute Gasteiger partial charge is 0.335 e. The molecule has 0 spiro atoms. The van der Waals surface area contributed by atoms with Gasteiger partial charge in [0.25, 0.3) is 0 Å². The van der Waals surface area contributed by atoms with Gasteiger partial charge in [-0.1, -0.05) is 0 Å². The number of thiophene rings is 1. The van der Waals surface area contributed by atoms with Crippen molar-refractivity contribution in [3.63, 3.8) is 0 Å². The van der Waals surface area contributed by atoms with E-state index in [2.05, 4.69) is 37.5 Å². The minimum absolute atomic E-state index is 0.00422. The summed E-state index contributed by atoms with van der Waals surface area (Å²) in [6.07, 6.45) is 5.17. The summed E-state index contributed by atoms with van der Waals surface area (Å²) in [5.41, 5.74) is 1.25. The fraction of sp³-hybridized carbons (Fsp3) is 0.688. The molecule has 4 heteroatoms. The summed E-state index contributed by atoms with van der Waals surface area (Å²) < 4.78 is 0. The zero-order chi connectivity index (χ0) is 14.3. The van der Waals surface area contributed by atoms with Crippen LogP contribution in [0.15, 0.2) is 6.07 Å². The van der Waals surface area contributed by atoms with E-state index in [4.69, 9.17) is 0 Å².